The SMILES string of the molecule is CNC(=O)Nc1ccc(NC(=O)c2csc(CC(C)C)n2)cc1. The second-order valence-electron chi connectivity index (χ2n) is 5.46. The smallest absolute Gasteiger partial charge is 0.318 e. The highest BCUT2D eigenvalue weighted by molar-refractivity contribution is 7.09. The number of hydrogen-bond acceptors (Lipinski definition) is 4. The molecular formula is C16H20N4O2S. The van der Waals surface area contributed by atoms with Crippen LogP contribution in [0.2, 0.25) is 0 Å². The number of amides is 3. The van der Waals surface area contributed by atoms with E-state index in [-0.39, 0.29) is 11.9 Å². The molecule has 0 aliphatic rings. The zero-order chi connectivity index (χ0) is 16.8. The predicted octanol–water partition coefficient (Wildman–Crippen LogP) is 3.35. The van der Waals surface area contributed by atoms with Crippen molar-refractivity contribution >= 4 is 34.6 Å². The van der Waals surface area contributed by atoms with Crippen molar-refractivity contribution in [3.63, 3.8) is 0 Å². The molecule has 6 nitrogen and oxygen atoms in total. The minimum Gasteiger partial charge on any atom is -0.341 e. The Kier molecular flexibility index (Phi) is 5.70. The van der Waals surface area contributed by atoms with E-state index < -0.39 is 0 Å². The summed E-state index contributed by atoms with van der Waals surface area (Å²) in [6.07, 6.45) is 0.873. The van der Waals surface area contributed by atoms with E-state index in [9.17, 15) is 9.59 Å². The molecule has 0 fully saturated rings. The first-order valence-corrected chi connectivity index (χ1v) is 8.20. The second kappa shape index (κ2) is 7.73. The van der Waals surface area contributed by atoms with Crippen molar-refractivity contribution in [2.75, 3.05) is 17.7 Å². The van der Waals surface area contributed by atoms with Gasteiger partial charge in [0, 0.05) is 30.2 Å². The van der Waals surface area contributed by atoms with Gasteiger partial charge >= 0.3 is 6.03 Å². The number of aromatic nitrogens is 1. The molecule has 2 rings (SSSR count). The Labute approximate surface area is 139 Å². The molecule has 0 spiro atoms. The fourth-order valence-electron chi connectivity index (χ4n) is 1.88. The maximum absolute atomic E-state index is 12.2. The highest BCUT2D eigenvalue weighted by Gasteiger charge is 2.12. The third-order valence-corrected chi connectivity index (χ3v) is 3.87. The van der Waals surface area contributed by atoms with Crippen LogP contribution in [0.15, 0.2) is 29.6 Å². The van der Waals surface area contributed by atoms with Crippen LogP contribution < -0.4 is 16.0 Å². The van der Waals surface area contributed by atoms with Crippen LogP contribution in [0.4, 0.5) is 16.2 Å². The van der Waals surface area contributed by atoms with Crippen LogP contribution in [0.1, 0.15) is 29.3 Å². The molecule has 2 aromatic rings. The Morgan fingerprint density at radius 3 is 2.30 bits per heavy atom. The molecule has 1 aromatic heterocycles. The van der Waals surface area contributed by atoms with Gasteiger partial charge in [-0.2, -0.15) is 0 Å². The molecule has 0 atom stereocenters. The molecule has 7 heteroatoms. The van der Waals surface area contributed by atoms with E-state index >= 15 is 0 Å². The van der Waals surface area contributed by atoms with Crippen LogP contribution in [0, 0.1) is 5.92 Å². The van der Waals surface area contributed by atoms with Gasteiger partial charge in [-0.15, -0.1) is 11.3 Å². The van der Waals surface area contributed by atoms with E-state index in [0.717, 1.165) is 11.4 Å². The first-order chi connectivity index (χ1) is 11.0. The van der Waals surface area contributed by atoms with Crippen molar-refractivity contribution in [2.45, 2.75) is 20.3 Å². The van der Waals surface area contributed by atoms with Gasteiger partial charge in [-0.05, 0) is 30.2 Å². The number of carbonyl (C=O) groups is 2. The van der Waals surface area contributed by atoms with E-state index in [2.05, 4.69) is 34.8 Å². The molecular weight excluding hydrogens is 312 g/mol. The summed E-state index contributed by atoms with van der Waals surface area (Å²) in [6.45, 7) is 4.24. The zero-order valence-corrected chi connectivity index (χ0v) is 14.2. The molecule has 3 amide bonds. The van der Waals surface area contributed by atoms with Crippen LogP contribution in [0.25, 0.3) is 0 Å². The lowest BCUT2D eigenvalue weighted by Gasteiger charge is -2.06. The maximum Gasteiger partial charge on any atom is 0.318 e. The number of thiazole rings is 1. The minimum atomic E-state index is -0.290. The zero-order valence-electron chi connectivity index (χ0n) is 13.3. The Morgan fingerprint density at radius 1 is 1.13 bits per heavy atom. The molecule has 0 unspecified atom stereocenters. The first kappa shape index (κ1) is 17.0. The minimum absolute atomic E-state index is 0.233. The summed E-state index contributed by atoms with van der Waals surface area (Å²) in [7, 11) is 1.55. The topological polar surface area (TPSA) is 83.1 Å². The van der Waals surface area contributed by atoms with E-state index in [1.54, 1.807) is 36.7 Å². The van der Waals surface area contributed by atoms with Crippen molar-refractivity contribution in [1.82, 2.24) is 10.3 Å². The van der Waals surface area contributed by atoms with Crippen molar-refractivity contribution in [3.8, 4) is 0 Å². The Balaban J connectivity index is 1.97. The van der Waals surface area contributed by atoms with E-state index in [0.29, 0.717) is 23.0 Å². The number of anilines is 2. The third-order valence-electron chi connectivity index (χ3n) is 2.99. The number of rotatable bonds is 5. The van der Waals surface area contributed by atoms with Crippen LogP contribution in [-0.2, 0) is 6.42 Å². The lowest BCUT2D eigenvalue weighted by atomic mass is 10.1. The molecule has 0 radical (unpaired) electrons. The van der Waals surface area contributed by atoms with Gasteiger partial charge in [0.05, 0.1) is 5.01 Å². The normalized spacial score (nSPS) is 10.4. The van der Waals surface area contributed by atoms with Gasteiger partial charge in [-0.25, -0.2) is 9.78 Å². The summed E-state index contributed by atoms with van der Waals surface area (Å²) in [5, 5.41) is 10.7. The van der Waals surface area contributed by atoms with E-state index in [1.165, 1.54) is 11.3 Å². The molecule has 0 aliphatic heterocycles. The summed E-state index contributed by atoms with van der Waals surface area (Å²) in [5.41, 5.74) is 1.73. The lowest BCUT2D eigenvalue weighted by Crippen LogP contribution is -2.24. The van der Waals surface area contributed by atoms with Crippen LogP contribution in [0.5, 0.6) is 0 Å². The highest BCUT2D eigenvalue weighted by Crippen LogP contribution is 2.17. The van der Waals surface area contributed by atoms with Gasteiger partial charge in [0.1, 0.15) is 5.69 Å². The molecule has 0 saturated carbocycles. The fourth-order valence-corrected chi connectivity index (χ4v) is 2.87. The van der Waals surface area contributed by atoms with Crippen molar-refractivity contribution in [3.05, 3.63) is 40.3 Å². The summed E-state index contributed by atoms with van der Waals surface area (Å²) in [5.74, 6) is 0.278. The Hall–Kier alpha value is -2.41. The molecule has 23 heavy (non-hydrogen) atoms. The third kappa shape index (κ3) is 5.07. The van der Waals surface area contributed by atoms with Gasteiger partial charge in [-0.3, -0.25) is 4.79 Å². The summed E-state index contributed by atoms with van der Waals surface area (Å²) < 4.78 is 0. The average molecular weight is 332 g/mol. The number of benzene rings is 1. The monoisotopic (exact) mass is 332 g/mol. The molecule has 0 aliphatic carbocycles. The molecule has 3 N–H and O–H groups in total. The molecule has 0 bridgehead atoms. The van der Waals surface area contributed by atoms with Crippen molar-refractivity contribution in [2.24, 2.45) is 5.92 Å². The molecule has 1 aromatic carbocycles. The first-order valence-electron chi connectivity index (χ1n) is 7.32. The van der Waals surface area contributed by atoms with E-state index in [4.69, 9.17) is 0 Å². The predicted molar refractivity (Wildman–Crippen MR) is 93.1 cm³/mol. The van der Waals surface area contributed by atoms with Crippen LogP contribution in [0.3, 0.4) is 0 Å². The van der Waals surface area contributed by atoms with Gasteiger partial charge in [-0.1, -0.05) is 13.8 Å². The van der Waals surface area contributed by atoms with Crippen molar-refractivity contribution < 1.29 is 9.59 Å². The van der Waals surface area contributed by atoms with Crippen LogP contribution >= 0.6 is 11.3 Å². The lowest BCUT2D eigenvalue weighted by molar-refractivity contribution is 0.102. The number of nitrogens with zero attached hydrogens (tertiary/aromatic N) is 1. The van der Waals surface area contributed by atoms with Gasteiger partial charge in [0.15, 0.2) is 0 Å². The molecule has 0 saturated heterocycles. The number of nitrogens with one attached hydrogen (secondary N) is 3. The van der Waals surface area contributed by atoms with E-state index in [1.807, 2.05) is 0 Å². The molecule has 1 heterocycles. The maximum atomic E-state index is 12.2. The largest absolute Gasteiger partial charge is 0.341 e. The Morgan fingerprint density at radius 2 is 1.74 bits per heavy atom. The number of hydrogen-bond donors (Lipinski definition) is 3. The standard InChI is InChI=1S/C16H20N4O2S/c1-10(2)8-14-20-13(9-23-14)15(21)18-11-4-6-12(7-5-11)19-16(22)17-3/h4-7,9-10H,8H2,1-3H3,(H,18,21)(H2,17,19,22). The summed E-state index contributed by atoms with van der Waals surface area (Å²) in [6, 6.07) is 6.60. The fraction of sp³-hybridized carbons (Fsp3) is 0.312. The van der Waals surface area contributed by atoms with Gasteiger partial charge in [0.2, 0.25) is 0 Å². The average Bonchev–Trinajstić information content (AvgIpc) is 2.97. The highest BCUT2D eigenvalue weighted by atomic mass is 32.1. The number of carbonyl (C=O) groups excluding carboxylic acids is 2. The van der Waals surface area contributed by atoms with Gasteiger partial charge in [0.25, 0.3) is 5.91 Å². The quantitative estimate of drug-likeness (QED) is 0.785. The second-order valence-corrected chi connectivity index (χ2v) is 6.40. The summed E-state index contributed by atoms with van der Waals surface area (Å²) >= 11 is 1.50. The molecule has 122 valence electrons. The number of urea groups is 1. The Bertz CT molecular complexity index is 680. The van der Waals surface area contributed by atoms with Crippen LogP contribution in [-0.4, -0.2) is 24.0 Å². The summed E-state index contributed by atoms with van der Waals surface area (Å²) in [4.78, 5) is 27.7. The van der Waals surface area contributed by atoms with Gasteiger partial charge < -0.3 is 16.0 Å². The van der Waals surface area contributed by atoms with Crippen molar-refractivity contribution in [1.29, 1.82) is 0 Å².